The minimum absolute atomic E-state index is 0.0196. The van der Waals surface area contributed by atoms with Crippen molar-refractivity contribution in [3.8, 4) is 0 Å². The summed E-state index contributed by atoms with van der Waals surface area (Å²) < 4.78 is 5.04. The third-order valence-electron chi connectivity index (χ3n) is 3.25. The van der Waals surface area contributed by atoms with E-state index in [1.807, 2.05) is 7.05 Å². The van der Waals surface area contributed by atoms with Gasteiger partial charge in [-0.3, -0.25) is 4.90 Å². The van der Waals surface area contributed by atoms with Gasteiger partial charge in [-0.2, -0.15) is 0 Å². The van der Waals surface area contributed by atoms with Gasteiger partial charge in [0.1, 0.15) is 0 Å². The highest BCUT2D eigenvalue weighted by Gasteiger charge is 2.21. The maximum atomic E-state index is 10.7. The van der Waals surface area contributed by atoms with Gasteiger partial charge >= 0.3 is 5.97 Å². The number of carbonyl (C=O) groups is 1. The van der Waals surface area contributed by atoms with Crippen LogP contribution in [0.2, 0.25) is 0 Å². The summed E-state index contributed by atoms with van der Waals surface area (Å²) in [5, 5.41) is 15.5. The van der Waals surface area contributed by atoms with E-state index >= 15 is 0 Å². The molecule has 0 spiro atoms. The van der Waals surface area contributed by atoms with Crippen molar-refractivity contribution in [2.45, 2.75) is 19.4 Å². The minimum Gasteiger partial charge on any atom is -0.476 e. The summed E-state index contributed by atoms with van der Waals surface area (Å²) in [5.41, 5.74) is -0.0196. The van der Waals surface area contributed by atoms with Crippen LogP contribution in [-0.2, 0) is 6.54 Å². The molecule has 1 unspecified atom stereocenters. The zero-order chi connectivity index (χ0) is 13.0. The van der Waals surface area contributed by atoms with Crippen LogP contribution < -0.4 is 5.32 Å². The van der Waals surface area contributed by atoms with E-state index in [1.165, 1.54) is 18.9 Å². The van der Waals surface area contributed by atoms with Crippen molar-refractivity contribution < 1.29 is 14.4 Å². The van der Waals surface area contributed by atoms with Crippen LogP contribution in [-0.4, -0.2) is 47.8 Å². The predicted octanol–water partition coefficient (Wildman–Crippen LogP) is 0.804. The van der Waals surface area contributed by atoms with Crippen LogP contribution in [0.5, 0.6) is 0 Å². The molecule has 1 aliphatic rings. The van der Waals surface area contributed by atoms with Gasteiger partial charge in [-0.15, -0.1) is 0 Å². The van der Waals surface area contributed by atoms with Crippen LogP contribution in [0.4, 0.5) is 0 Å². The Labute approximate surface area is 106 Å². The van der Waals surface area contributed by atoms with E-state index in [-0.39, 0.29) is 5.69 Å². The molecule has 1 aromatic heterocycles. The van der Waals surface area contributed by atoms with Crippen molar-refractivity contribution in [2.75, 3.05) is 26.7 Å². The molecule has 1 saturated heterocycles. The number of rotatable bonds is 5. The molecule has 0 saturated carbocycles. The number of hydrogen-bond donors (Lipinski definition) is 2. The highest BCUT2D eigenvalue weighted by molar-refractivity contribution is 5.85. The van der Waals surface area contributed by atoms with E-state index in [2.05, 4.69) is 15.4 Å². The average Bonchev–Trinajstić information content (AvgIpc) is 2.78. The number of carboxylic acids is 1. The molecule has 2 N–H and O–H groups in total. The maximum absolute atomic E-state index is 10.7. The first kappa shape index (κ1) is 13.0. The summed E-state index contributed by atoms with van der Waals surface area (Å²) in [5.74, 6) is 0.236. The first-order valence-electron chi connectivity index (χ1n) is 6.25. The Morgan fingerprint density at radius 3 is 3.22 bits per heavy atom. The second-order valence-corrected chi connectivity index (χ2v) is 4.78. The number of aromatic nitrogens is 1. The monoisotopic (exact) mass is 253 g/mol. The first-order chi connectivity index (χ1) is 8.69. The van der Waals surface area contributed by atoms with Crippen LogP contribution in [0.3, 0.4) is 0 Å². The number of piperidine rings is 1. The molecule has 2 rings (SSSR count). The summed E-state index contributed by atoms with van der Waals surface area (Å²) in [6.45, 7) is 3.71. The van der Waals surface area contributed by atoms with Crippen LogP contribution in [0, 0.1) is 5.92 Å². The lowest BCUT2D eigenvalue weighted by Gasteiger charge is -2.31. The largest absolute Gasteiger partial charge is 0.476 e. The van der Waals surface area contributed by atoms with Crippen molar-refractivity contribution >= 4 is 5.97 Å². The van der Waals surface area contributed by atoms with E-state index in [0.717, 1.165) is 19.6 Å². The molecular weight excluding hydrogens is 234 g/mol. The molecule has 0 aliphatic carbocycles. The van der Waals surface area contributed by atoms with Gasteiger partial charge in [0, 0.05) is 12.6 Å². The summed E-state index contributed by atoms with van der Waals surface area (Å²) >= 11 is 0. The molecule has 0 aromatic carbocycles. The number of aromatic carboxylic acids is 1. The highest BCUT2D eigenvalue weighted by atomic mass is 16.5. The molecule has 0 radical (unpaired) electrons. The molecule has 1 aromatic rings. The van der Waals surface area contributed by atoms with E-state index < -0.39 is 5.97 Å². The third-order valence-corrected chi connectivity index (χ3v) is 3.25. The number of likely N-dealkylation sites (tertiary alicyclic amines) is 1. The van der Waals surface area contributed by atoms with E-state index in [9.17, 15) is 4.79 Å². The second-order valence-electron chi connectivity index (χ2n) is 4.78. The second kappa shape index (κ2) is 5.97. The Bertz CT molecular complexity index is 403. The molecule has 6 nitrogen and oxygen atoms in total. The van der Waals surface area contributed by atoms with Gasteiger partial charge in [0.25, 0.3) is 0 Å². The summed E-state index contributed by atoms with van der Waals surface area (Å²) in [4.78, 5) is 13.0. The smallest absolute Gasteiger partial charge is 0.358 e. The molecule has 0 bridgehead atoms. The number of carboxylic acid groups (broad SMARTS) is 1. The average molecular weight is 253 g/mol. The van der Waals surface area contributed by atoms with Gasteiger partial charge < -0.3 is 14.9 Å². The van der Waals surface area contributed by atoms with Crippen molar-refractivity contribution in [1.82, 2.24) is 15.4 Å². The van der Waals surface area contributed by atoms with Crippen LogP contribution in [0.15, 0.2) is 10.6 Å². The molecule has 0 amide bonds. The summed E-state index contributed by atoms with van der Waals surface area (Å²) in [6, 6.07) is 1.50. The van der Waals surface area contributed by atoms with Crippen LogP contribution >= 0.6 is 0 Å². The molecule has 6 heteroatoms. The predicted molar refractivity (Wildman–Crippen MR) is 65.4 cm³/mol. The lowest BCUT2D eigenvalue weighted by molar-refractivity contribution is 0.0685. The minimum atomic E-state index is -1.04. The zero-order valence-corrected chi connectivity index (χ0v) is 10.6. The molecule has 1 fully saturated rings. The Morgan fingerprint density at radius 1 is 1.72 bits per heavy atom. The fraction of sp³-hybridized carbons (Fsp3) is 0.667. The van der Waals surface area contributed by atoms with E-state index in [1.54, 1.807) is 0 Å². The molecular formula is C12H19N3O3. The van der Waals surface area contributed by atoms with Crippen molar-refractivity contribution in [2.24, 2.45) is 5.92 Å². The van der Waals surface area contributed by atoms with Crippen LogP contribution in [0.25, 0.3) is 0 Å². The molecule has 18 heavy (non-hydrogen) atoms. The lowest BCUT2D eigenvalue weighted by atomic mass is 9.98. The number of nitrogens with zero attached hydrogens (tertiary/aromatic N) is 2. The number of hydrogen-bond acceptors (Lipinski definition) is 5. The Hall–Kier alpha value is -1.40. The maximum Gasteiger partial charge on any atom is 0.358 e. The van der Waals surface area contributed by atoms with Crippen molar-refractivity contribution in [3.63, 3.8) is 0 Å². The topological polar surface area (TPSA) is 78.6 Å². The SMILES string of the molecule is CNCC1CCCN(Cc2cc(C(=O)O)no2)C1. The number of nitrogens with one attached hydrogen (secondary N) is 1. The van der Waals surface area contributed by atoms with Gasteiger partial charge in [0.05, 0.1) is 6.54 Å². The fourth-order valence-corrected chi connectivity index (χ4v) is 2.46. The quantitative estimate of drug-likeness (QED) is 0.808. The molecule has 1 atom stereocenters. The normalized spacial score (nSPS) is 21.1. The molecule has 2 heterocycles. The summed E-state index contributed by atoms with van der Waals surface area (Å²) in [7, 11) is 1.97. The zero-order valence-electron chi connectivity index (χ0n) is 10.6. The van der Waals surface area contributed by atoms with Gasteiger partial charge in [0.2, 0.25) is 0 Å². The molecule has 100 valence electrons. The Morgan fingerprint density at radius 2 is 2.56 bits per heavy atom. The van der Waals surface area contributed by atoms with Gasteiger partial charge in [-0.05, 0) is 38.9 Å². The first-order valence-corrected chi connectivity index (χ1v) is 6.25. The van der Waals surface area contributed by atoms with Gasteiger partial charge in [-0.25, -0.2) is 4.79 Å². The third kappa shape index (κ3) is 3.30. The fourth-order valence-electron chi connectivity index (χ4n) is 2.46. The Balaban J connectivity index is 1.89. The van der Waals surface area contributed by atoms with E-state index in [4.69, 9.17) is 9.63 Å². The highest BCUT2D eigenvalue weighted by Crippen LogP contribution is 2.18. The van der Waals surface area contributed by atoms with E-state index in [0.29, 0.717) is 18.2 Å². The van der Waals surface area contributed by atoms with Gasteiger partial charge in [-0.1, -0.05) is 5.16 Å². The standard InChI is InChI=1S/C12H19N3O3/c1-13-6-9-3-2-4-15(7-9)8-10-5-11(12(16)17)14-18-10/h5,9,13H,2-4,6-8H2,1H3,(H,16,17). The lowest BCUT2D eigenvalue weighted by Crippen LogP contribution is -2.38. The summed E-state index contributed by atoms with van der Waals surface area (Å²) in [6.07, 6.45) is 2.42. The van der Waals surface area contributed by atoms with Gasteiger partial charge in [0.15, 0.2) is 11.5 Å². The Kier molecular flexibility index (Phi) is 4.33. The molecule has 1 aliphatic heterocycles. The van der Waals surface area contributed by atoms with Crippen LogP contribution in [0.1, 0.15) is 29.1 Å². The van der Waals surface area contributed by atoms with Crippen molar-refractivity contribution in [3.05, 3.63) is 17.5 Å². The van der Waals surface area contributed by atoms with Crippen molar-refractivity contribution in [1.29, 1.82) is 0 Å².